The summed E-state index contributed by atoms with van der Waals surface area (Å²) < 4.78 is 0. The fourth-order valence-electron chi connectivity index (χ4n) is 3.00. The van der Waals surface area contributed by atoms with Crippen LogP contribution in [0.2, 0.25) is 0 Å². The van der Waals surface area contributed by atoms with E-state index >= 15 is 0 Å². The number of nitrogens with one attached hydrogen (secondary N) is 2. The fourth-order valence-corrected chi connectivity index (χ4v) is 3.00. The van der Waals surface area contributed by atoms with Crippen LogP contribution in [-0.4, -0.2) is 43.6 Å². The number of likely N-dealkylation sites (N-methyl/N-ethyl adjacent to an activating group) is 1. The molecule has 1 aliphatic heterocycles. The molecule has 1 unspecified atom stereocenters. The molecule has 1 saturated carbocycles. The van der Waals surface area contributed by atoms with Crippen molar-refractivity contribution in [3.05, 3.63) is 35.9 Å². The van der Waals surface area contributed by atoms with Crippen LogP contribution in [0.1, 0.15) is 24.8 Å². The van der Waals surface area contributed by atoms with Crippen molar-refractivity contribution in [1.29, 1.82) is 0 Å². The minimum absolute atomic E-state index is 0. The Morgan fingerprint density at radius 3 is 2.73 bits per heavy atom. The van der Waals surface area contributed by atoms with Crippen LogP contribution in [-0.2, 0) is 6.54 Å². The van der Waals surface area contributed by atoms with Gasteiger partial charge in [0, 0.05) is 32.2 Å². The van der Waals surface area contributed by atoms with Crippen LogP contribution >= 0.6 is 24.0 Å². The Balaban J connectivity index is 0.00000176. The van der Waals surface area contributed by atoms with E-state index in [1.54, 1.807) is 0 Å². The first-order valence-electron chi connectivity index (χ1n) is 8.09. The number of aliphatic imine (C=N–C) groups is 1. The molecule has 22 heavy (non-hydrogen) atoms. The first-order chi connectivity index (χ1) is 10.3. The minimum Gasteiger partial charge on any atom is -0.356 e. The molecule has 122 valence electrons. The summed E-state index contributed by atoms with van der Waals surface area (Å²) in [4.78, 5) is 6.99. The van der Waals surface area contributed by atoms with Gasteiger partial charge in [-0.2, -0.15) is 0 Å². The number of hydrogen-bond donors (Lipinski definition) is 2. The van der Waals surface area contributed by atoms with Crippen LogP contribution in [0.3, 0.4) is 0 Å². The van der Waals surface area contributed by atoms with Gasteiger partial charge in [-0.1, -0.05) is 30.3 Å². The van der Waals surface area contributed by atoms with E-state index in [0.717, 1.165) is 44.5 Å². The second-order valence-corrected chi connectivity index (χ2v) is 6.20. The van der Waals surface area contributed by atoms with Gasteiger partial charge < -0.3 is 10.6 Å². The van der Waals surface area contributed by atoms with E-state index in [-0.39, 0.29) is 24.0 Å². The highest BCUT2D eigenvalue weighted by atomic mass is 127. The van der Waals surface area contributed by atoms with Crippen molar-refractivity contribution >= 4 is 29.9 Å². The summed E-state index contributed by atoms with van der Waals surface area (Å²) in [5.74, 6) is 1.83. The predicted molar refractivity (Wildman–Crippen MR) is 103 cm³/mol. The lowest BCUT2D eigenvalue weighted by Crippen LogP contribution is -2.48. The molecule has 1 aromatic carbocycles. The molecule has 3 rings (SSSR count). The summed E-state index contributed by atoms with van der Waals surface area (Å²) in [6.45, 7) is 3.99. The Morgan fingerprint density at radius 2 is 2.09 bits per heavy atom. The quantitative estimate of drug-likeness (QED) is 0.703. The molecule has 1 fully saturated rings. The van der Waals surface area contributed by atoms with E-state index in [1.807, 2.05) is 0 Å². The number of rotatable bonds is 6. The number of nitrogens with zero attached hydrogens (tertiary/aromatic N) is 2. The Labute approximate surface area is 150 Å². The van der Waals surface area contributed by atoms with E-state index in [9.17, 15) is 0 Å². The fraction of sp³-hybridized carbons (Fsp3) is 0.588. The molecule has 0 amide bonds. The van der Waals surface area contributed by atoms with E-state index < -0.39 is 0 Å². The molecule has 5 heteroatoms. The van der Waals surface area contributed by atoms with Gasteiger partial charge in [0.05, 0.1) is 0 Å². The molecule has 2 N–H and O–H groups in total. The molecule has 0 spiro atoms. The second kappa shape index (κ2) is 8.72. The third-order valence-corrected chi connectivity index (χ3v) is 4.38. The minimum atomic E-state index is 0. The molecule has 0 bridgehead atoms. The molecule has 1 heterocycles. The first-order valence-corrected chi connectivity index (χ1v) is 8.09. The molecule has 1 aliphatic carbocycles. The van der Waals surface area contributed by atoms with E-state index in [4.69, 9.17) is 0 Å². The lowest BCUT2D eigenvalue weighted by atomic mass is 10.1. The van der Waals surface area contributed by atoms with Crippen LogP contribution in [0.15, 0.2) is 35.3 Å². The summed E-state index contributed by atoms with van der Waals surface area (Å²) in [7, 11) is 2.24. The molecule has 1 aromatic rings. The average Bonchev–Trinajstić information content (AvgIpc) is 3.34. The zero-order chi connectivity index (χ0) is 14.5. The SMILES string of the molecule is CN(Cc1ccccc1)C(CNC1=NCCCN1)C1CC1.I. The van der Waals surface area contributed by atoms with Crippen molar-refractivity contribution in [1.82, 2.24) is 15.5 Å². The highest BCUT2D eigenvalue weighted by Crippen LogP contribution is 2.35. The average molecular weight is 414 g/mol. The number of guanidine groups is 1. The second-order valence-electron chi connectivity index (χ2n) is 6.20. The Kier molecular flexibility index (Phi) is 6.95. The summed E-state index contributed by atoms with van der Waals surface area (Å²) in [5, 5.41) is 6.85. The van der Waals surface area contributed by atoms with Crippen LogP contribution in [0.5, 0.6) is 0 Å². The van der Waals surface area contributed by atoms with Crippen LogP contribution in [0.4, 0.5) is 0 Å². The van der Waals surface area contributed by atoms with Crippen LogP contribution < -0.4 is 10.6 Å². The maximum atomic E-state index is 4.50. The smallest absolute Gasteiger partial charge is 0.191 e. The molecule has 0 radical (unpaired) electrons. The first kappa shape index (κ1) is 17.5. The van der Waals surface area contributed by atoms with Crippen molar-refractivity contribution in [2.75, 3.05) is 26.7 Å². The summed E-state index contributed by atoms with van der Waals surface area (Å²) >= 11 is 0. The van der Waals surface area contributed by atoms with Gasteiger partial charge in [0.1, 0.15) is 0 Å². The Bertz CT molecular complexity index is 473. The van der Waals surface area contributed by atoms with Crippen molar-refractivity contribution in [3.8, 4) is 0 Å². The number of hydrogen-bond acceptors (Lipinski definition) is 4. The third-order valence-electron chi connectivity index (χ3n) is 4.38. The summed E-state index contributed by atoms with van der Waals surface area (Å²) in [5.41, 5.74) is 1.39. The zero-order valence-corrected chi connectivity index (χ0v) is 15.6. The highest BCUT2D eigenvalue weighted by Gasteiger charge is 2.33. The summed E-state index contributed by atoms with van der Waals surface area (Å²) in [6, 6.07) is 11.3. The van der Waals surface area contributed by atoms with Gasteiger partial charge in [-0.3, -0.25) is 9.89 Å². The van der Waals surface area contributed by atoms with Gasteiger partial charge in [-0.05, 0) is 37.8 Å². The monoisotopic (exact) mass is 414 g/mol. The van der Waals surface area contributed by atoms with Crippen LogP contribution in [0.25, 0.3) is 0 Å². The van der Waals surface area contributed by atoms with Crippen LogP contribution in [0, 0.1) is 5.92 Å². The van der Waals surface area contributed by atoms with Gasteiger partial charge >= 0.3 is 0 Å². The van der Waals surface area contributed by atoms with Gasteiger partial charge in [-0.25, -0.2) is 0 Å². The molecular formula is C17H27IN4. The van der Waals surface area contributed by atoms with Gasteiger partial charge in [0.15, 0.2) is 5.96 Å². The van der Waals surface area contributed by atoms with E-state index in [2.05, 4.69) is 57.9 Å². The van der Waals surface area contributed by atoms with E-state index in [0.29, 0.717) is 6.04 Å². The summed E-state index contributed by atoms with van der Waals surface area (Å²) in [6.07, 6.45) is 3.88. The van der Waals surface area contributed by atoms with Crippen molar-refractivity contribution < 1.29 is 0 Å². The number of halogens is 1. The van der Waals surface area contributed by atoms with Crippen molar-refractivity contribution in [3.63, 3.8) is 0 Å². The maximum Gasteiger partial charge on any atom is 0.191 e. The van der Waals surface area contributed by atoms with Gasteiger partial charge in [0.25, 0.3) is 0 Å². The molecule has 0 saturated heterocycles. The lowest BCUT2D eigenvalue weighted by Gasteiger charge is -2.29. The topological polar surface area (TPSA) is 39.7 Å². The Hall–Kier alpha value is -0.820. The largest absolute Gasteiger partial charge is 0.356 e. The predicted octanol–water partition coefficient (Wildman–Crippen LogP) is 2.45. The van der Waals surface area contributed by atoms with E-state index in [1.165, 1.54) is 18.4 Å². The van der Waals surface area contributed by atoms with Crippen molar-refractivity contribution in [2.24, 2.45) is 10.9 Å². The number of benzene rings is 1. The van der Waals surface area contributed by atoms with Crippen molar-refractivity contribution in [2.45, 2.75) is 31.8 Å². The molecule has 1 atom stereocenters. The molecule has 0 aromatic heterocycles. The maximum absolute atomic E-state index is 4.50. The van der Waals surface area contributed by atoms with Gasteiger partial charge in [-0.15, -0.1) is 24.0 Å². The third kappa shape index (κ3) is 5.12. The Morgan fingerprint density at radius 1 is 1.32 bits per heavy atom. The normalized spacial score (nSPS) is 18.9. The standard InChI is InChI=1S/C17H26N4.HI/c1-21(13-14-6-3-2-4-7-14)16(15-8-9-15)12-20-17-18-10-5-11-19-17;/h2-4,6-7,15-16H,5,8-13H2,1H3,(H2,18,19,20);1H. The highest BCUT2D eigenvalue weighted by molar-refractivity contribution is 14.0. The molecule has 2 aliphatic rings. The zero-order valence-electron chi connectivity index (χ0n) is 13.3. The molecular weight excluding hydrogens is 387 g/mol. The van der Waals surface area contributed by atoms with Gasteiger partial charge in [0.2, 0.25) is 0 Å². The lowest BCUT2D eigenvalue weighted by molar-refractivity contribution is 0.210. The molecule has 4 nitrogen and oxygen atoms in total.